The van der Waals surface area contributed by atoms with Crippen LogP contribution < -0.4 is 4.90 Å². The van der Waals surface area contributed by atoms with Crippen LogP contribution >= 0.6 is 0 Å². The SMILES string of the molecule is O=C(c1cnn2ccc(N3CCC[C@@H]3c3cncc(F)c3)nc12)N1CC(O)C1. The molecule has 2 aliphatic rings. The molecule has 28 heavy (non-hydrogen) atoms. The smallest absolute Gasteiger partial charge is 0.259 e. The Hall–Kier alpha value is -3.07. The molecule has 0 radical (unpaired) electrons. The van der Waals surface area contributed by atoms with Gasteiger partial charge in [-0.2, -0.15) is 5.10 Å². The standard InChI is InChI=1S/C19H19FN6O2/c20-13-6-12(7-21-8-13)16-2-1-4-25(16)17-3-5-26-18(23-17)15(9-22-26)19(28)24-10-14(27)11-24/h3,5-9,14,16,27H,1-2,4,10-11H2/t16-/m1/s1. The van der Waals surface area contributed by atoms with E-state index in [0.717, 1.165) is 30.8 Å². The first-order chi connectivity index (χ1) is 13.6. The molecule has 0 spiro atoms. The molecular weight excluding hydrogens is 363 g/mol. The van der Waals surface area contributed by atoms with Gasteiger partial charge in [0.25, 0.3) is 5.91 Å². The minimum absolute atomic E-state index is 0.00856. The van der Waals surface area contributed by atoms with Crippen LogP contribution in [0.15, 0.2) is 36.9 Å². The lowest BCUT2D eigenvalue weighted by Crippen LogP contribution is -2.53. The number of nitrogens with zero attached hydrogens (tertiary/aromatic N) is 6. The molecule has 2 saturated heterocycles. The molecule has 1 N–H and O–H groups in total. The van der Waals surface area contributed by atoms with Crippen LogP contribution in [-0.4, -0.2) is 61.2 Å². The second-order valence-corrected chi connectivity index (χ2v) is 7.26. The highest BCUT2D eigenvalue weighted by atomic mass is 19.1. The zero-order valence-electron chi connectivity index (χ0n) is 15.1. The van der Waals surface area contributed by atoms with Crippen LogP contribution in [0, 0.1) is 5.82 Å². The van der Waals surface area contributed by atoms with Crippen molar-refractivity contribution in [3.8, 4) is 0 Å². The molecule has 2 aliphatic heterocycles. The Morgan fingerprint density at radius 2 is 2.11 bits per heavy atom. The monoisotopic (exact) mass is 382 g/mol. The maximum atomic E-state index is 13.6. The average molecular weight is 382 g/mol. The van der Waals surface area contributed by atoms with Crippen molar-refractivity contribution < 1.29 is 14.3 Å². The first kappa shape index (κ1) is 17.1. The summed E-state index contributed by atoms with van der Waals surface area (Å²) in [5.74, 6) is 0.183. The van der Waals surface area contributed by atoms with Crippen molar-refractivity contribution in [3.05, 3.63) is 53.9 Å². The first-order valence-corrected chi connectivity index (χ1v) is 9.29. The summed E-state index contributed by atoms with van der Waals surface area (Å²) in [5.41, 5.74) is 1.71. The summed E-state index contributed by atoms with van der Waals surface area (Å²) in [7, 11) is 0. The normalized spacial score (nSPS) is 20.0. The fraction of sp³-hybridized carbons (Fsp3) is 0.368. The predicted molar refractivity (Wildman–Crippen MR) is 98.4 cm³/mol. The van der Waals surface area contributed by atoms with Gasteiger partial charge in [0, 0.05) is 32.0 Å². The molecule has 1 atom stereocenters. The molecule has 0 aliphatic carbocycles. The number of aliphatic hydroxyl groups is 1. The van der Waals surface area contributed by atoms with Crippen LogP contribution in [0.3, 0.4) is 0 Å². The highest BCUT2D eigenvalue weighted by Gasteiger charge is 2.32. The Morgan fingerprint density at radius 1 is 1.25 bits per heavy atom. The van der Waals surface area contributed by atoms with Crippen LogP contribution in [0.5, 0.6) is 0 Å². The van der Waals surface area contributed by atoms with Gasteiger partial charge in [-0.3, -0.25) is 9.78 Å². The van der Waals surface area contributed by atoms with E-state index in [-0.39, 0.29) is 17.8 Å². The first-order valence-electron chi connectivity index (χ1n) is 9.29. The molecule has 0 unspecified atom stereocenters. The molecule has 5 heterocycles. The number of pyridine rings is 1. The second-order valence-electron chi connectivity index (χ2n) is 7.26. The number of hydrogen-bond acceptors (Lipinski definition) is 6. The molecular formula is C19H19FN6O2. The topological polar surface area (TPSA) is 86.9 Å². The van der Waals surface area contributed by atoms with E-state index in [1.165, 1.54) is 18.5 Å². The summed E-state index contributed by atoms with van der Waals surface area (Å²) < 4.78 is 15.2. The maximum absolute atomic E-state index is 13.6. The summed E-state index contributed by atoms with van der Waals surface area (Å²) in [6.07, 6.45) is 7.56. The lowest BCUT2D eigenvalue weighted by Gasteiger charge is -2.35. The molecule has 0 aromatic carbocycles. The zero-order valence-corrected chi connectivity index (χ0v) is 15.1. The van der Waals surface area contributed by atoms with Gasteiger partial charge in [-0.15, -0.1) is 0 Å². The van der Waals surface area contributed by atoms with Gasteiger partial charge in [-0.1, -0.05) is 0 Å². The summed E-state index contributed by atoms with van der Waals surface area (Å²) in [6, 6.07) is 3.36. The number of likely N-dealkylation sites (tertiary alicyclic amines) is 1. The van der Waals surface area contributed by atoms with Gasteiger partial charge in [-0.25, -0.2) is 13.9 Å². The van der Waals surface area contributed by atoms with Crippen LogP contribution in [0.25, 0.3) is 5.65 Å². The molecule has 2 fully saturated rings. The molecule has 8 nitrogen and oxygen atoms in total. The molecule has 144 valence electrons. The summed E-state index contributed by atoms with van der Waals surface area (Å²) in [4.78, 5) is 25.0. The van der Waals surface area contributed by atoms with E-state index in [1.54, 1.807) is 21.8 Å². The Morgan fingerprint density at radius 3 is 2.89 bits per heavy atom. The lowest BCUT2D eigenvalue weighted by molar-refractivity contribution is 0.00601. The number of aliphatic hydroxyl groups excluding tert-OH is 1. The van der Waals surface area contributed by atoms with E-state index < -0.39 is 6.10 Å². The number of rotatable bonds is 3. The summed E-state index contributed by atoms with van der Waals surface area (Å²) in [5, 5.41) is 13.7. The Balaban J connectivity index is 1.49. The quantitative estimate of drug-likeness (QED) is 0.737. The number of carbonyl (C=O) groups excluding carboxylic acids is 1. The van der Waals surface area contributed by atoms with E-state index in [1.807, 2.05) is 6.07 Å². The third-order valence-electron chi connectivity index (χ3n) is 5.39. The Labute approximate surface area is 160 Å². The minimum atomic E-state index is -0.459. The van der Waals surface area contributed by atoms with Gasteiger partial charge in [0.2, 0.25) is 0 Å². The van der Waals surface area contributed by atoms with Crippen molar-refractivity contribution >= 4 is 17.4 Å². The molecule has 0 saturated carbocycles. The van der Waals surface area contributed by atoms with Gasteiger partial charge in [0.05, 0.1) is 24.5 Å². The van der Waals surface area contributed by atoms with E-state index in [9.17, 15) is 14.3 Å². The van der Waals surface area contributed by atoms with Gasteiger partial charge < -0.3 is 14.9 Å². The predicted octanol–water partition coefficient (Wildman–Crippen LogP) is 1.42. The lowest BCUT2D eigenvalue weighted by atomic mass is 10.1. The number of aromatic nitrogens is 4. The van der Waals surface area contributed by atoms with Gasteiger partial charge in [0.15, 0.2) is 5.65 Å². The number of β-amino-alcohol motifs (C(OH)–C–C–N with tert-alkyl or cyclic N) is 1. The van der Waals surface area contributed by atoms with E-state index in [4.69, 9.17) is 4.98 Å². The number of carbonyl (C=O) groups is 1. The molecule has 9 heteroatoms. The van der Waals surface area contributed by atoms with Crippen molar-refractivity contribution in [1.82, 2.24) is 24.5 Å². The number of anilines is 1. The largest absolute Gasteiger partial charge is 0.389 e. The fourth-order valence-corrected chi connectivity index (χ4v) is 3.96. The Kier molecular flexibility index (Phi) is 3.97. The second kappa shape index (κ2) is 6.52. The van der Waals surface area contributed by atoms with Gasteiger partial charge >= 0.3 is 0 Å². The van der Waals surface area contributed by atoms with E-state index in [0.29, 0.717) is 24.3 Å². The summed E-state index contributed by atoms with van der Waals surface area (Å²) >= 11 is 0. The van der Waals surface area contributed by atoms with Gasteiger partial charge in [-0.05, 0) is 30.5 Å². The van der Waals surface area contributed by atoms with Crippen molar-refractivity contribution in [2.45, 2.75) is 25.0 Å². The van der Waals surface area contributed by atoms with Crippen molar-refractivity contribution in [3.63, 3.8) is 0 Å². The van der Waals surface area contributed by atoms with Gasteiger partial charge in [0.1, 0.15) is 17.2 Å². The fourth-order valence-electron chi connectivity index (χ4n) is 3.96. The highest BCUT2D eigenvalue weighted by Crippen LogP contribution is 2.35. The minimum Gasteiger partial charge on any atom is -0.389 e. The Bertz CT molecular complexity index is 1050. The molecule has 1 amide bonds. The van der Waals surface area contributed by atoms with Crippen LogP contribution in [0.2, 0.25) is 0 Å². The number of fused-ring (bicyclic) bond motifs is 1. The number of hydrogen-bond donors (Lipinski definition) is 1. The number of amides is 1. The zero-order chi connectivity index (χ0) is 19.3. The molecule has 3 aromatic rings. The third kappa shape index (κ3) is 2.78. The third-order valence-corrected chi connectivity index (χ3v) is 5.39. The van der Waals surface area contributed by atoms with Crippen molar-refractivity contribution in [1.29, 1.82) is 0 Å². The highest BCUT2D eigenvalue weighted by molar-refractivity contribution is 6.00. The van der Waals surface area contributed by atoms with Crippen molar-refractivity contribution in [2.75, 3.05) is 24.5 Å². The molecule has 5 rings (SSSR count). The van der Waals surface area contributed by atoms with E-state index >= 15 is 0 Å². The molecule has 3 aromatic heterocycles. The van der Waals surface area contributed by atoms with Crippen LogP contribution in [0.1, 0.15) is 34.8 Å². The molecule has 0 bridgehead atoms. The van der Waals surface area contributed by atoms with Crippen LogP contribution in [-0.2, 0) is 0 Å². The van der Waals surface area contributed by atoms with E-state index in [2.05, 4.69) is 15.0 Å². The van der Waals surface area contributed by atoms with Crippen molar-refractivity contribution in [2.24, 2.45) is 0 Å². The van der Waals surface area contributed by atoms with Crippen LogP contribution in [0.4, 0.5) is 10.2 Å². The average Bonchev–Trinajstić information content (AvgIpc) is 3.31. The number of halogens is 1. The summed E-state index contributed by atoms with van der Waals surface area (Å²) in [6.45, 7) is 1.45. The maximum Gasteiger partial charge on any atom is 0.259 e.